The summed E-state index contributed by atoms with van der Waals surface area (Å²) < 4.78 is 0. The number of unbranched alkanes of at least 4 members (excludes halogenated alkanes) is 22. The van der Waals surface area contributed by atoms with Crippen molar-refractivity contribution in [2.45, 2.75) is 205 Å². The first-order valence-electron chi connectivity index (χ1n) is 19.3. The molecule has 4 N–H and O–H groups in total. The number of amides is 1. The minimum atomic E-state index is -1.10. The maximum atomic E-state index is 12.4. The van der Waals surface area contributed by atoms with Crippen LogP contribution in [0.25, 0.3) is 0 Å². The van der Waals surface area contributed by atoms with Gasteiger partial charge in [0.2, 0.25) is 5.91 Å². The zero-order valence-electron chi connectivity index (χ0n) is 29.7. The first kappa shape index (κ1) is 43.6. The fraction of sp³-hybridized carbons (Fsp3) is 0.825. The summed E-state index contributed by atoms with van der Waals surface area (Å²) in [5.41, 5.74) is 0. The highest BCUT2D eigenvalue weighted by Crippen LogP contribution is 2.14. The Balaban J connectivity index is 3.78. The van der Waals surface area contributed by atoms with Crippen LogP contribution < -0.4 is 5.32 Å². The summed E-state index contributed by atoms with van der Waals surface area (Å²) in [6, 6.07) is -0.816. The molecule has 264 valence electrons. The number of aliphatic hydroxyl groups excluding tert-OH is 3. The van der Waals surface area contributed by atoms with Gasteiger partial charge in [-0.15, -0.1) is 0 Å². The van der Waals surface area contributed by atoms with Crippen LogP contribution >= 0.6 is 0 Å². The SMILES string of the molecule is CCCCCCCCCCCCC/C=C/CC/C=C/CC/C=C/C(O)C(CO)NC(=O)C(O)CCCCCCCCCCCC. The van der Waals surface area contributed by atoms with Gasteiger partial charge in [0.05, 0.1) is 18.8 Å². The summed E-state index contributed by atoms with van der Waals surface area (Å²) in [5.74, 6) is -0.520. The predicted molar refractivity (Wildman–Crippen MR) is 194 cm³/mol. The molecule has 0 bridgehead atoms. The molecule has 1 amide bonds. The van der Waals surface area contributed by atoms with E-state index in [4.69, 9.17) is 0 Å². The van der Waals surface area contributed by atoms with Gasteiger partial charge in [-0.2, -0.15) is 0 Å². The van der Waals surface area contributed by atoms with Crippen molar-refractivity contribution in [2.75, 3.05) is 6.61 Å². The highest BCUT2D eigenvalue weighted by Gasteiger charge is 2.22. The van der Waals surface area contributed by atoms with Crippen LogP contribution in [-0.4, -0.2) is 46.1 Å². The molecule has 0 rings (SSSR count). The van der Waals surface area contributed by atoms with E-state index in [0.717, 1.165) is 44.9 Å². The summed E-state index contributed by atoms with van der Waals surface area (Å²) in [7, 11) is 0. The average Bonchev–Trinajstić information content (AvgIpc) is 3.04. The third kappa shape index (κ3) is 31.0. The summed E-state index contributed by atoms with van der Waals surface area (Å²) >= 11 is 0. The van der Waals surface area contributed by atoms with Gasteiger partial charge in [-0.1, -0.05) is 179 Å². The number of rotatable bonds is 34. The summed E-state index contributed by atoms with van der Waals surface area (Å²) in [6.07, 6.45) is 43.1. The lowest BCUT2D eigenvalue weighted by Crippen LogP contribution is -2.48. The monoisotopic (exact) mass is 634 g/mol. The molecule has 3 atom stereocenters. The van der Waals surface area contributed by atoms with E-state index in [0.29, 0.717) is 6.42 Å². The van der Waals surface area contributed by atoms with Crippen molar-refractivity contribution in [3.05, 3.63) is 36.5 Å². The van der Waals surface area contributed by atoms with E-state index in [-0.39, 0.29) is 6.61 Å². The Bertz CT molecular complexity index is 704. The molecule has 0 aliphatic rings. The van der Waals surface area contributed by atoms with Crippen LogP contribution in [0.1, 0.15) is 187 Å². The Kier molecular flexibility index (Phi) is 34.3. The first-order valence-corrected chi connectivity index (χ1v) is 19.3. The van der Waals surface area contributed by atoms with Crippen LogP contribution in [-0.2, 0) is 4.79 Å². The van der Waals surface area contributed by atoms with E-state index >= 15 is 0 Å². The fourth-order valence-corrected chi connectivity index (χ4v) is 5.63. The highest BCUT2D eigenvalue weighted by molar-refractivity contribution is 5.80. The molecule has 0 aliphatic carbocycles. The summed E-state index contributed by atoms with van der Waals surface area (Å²) in [4.78, 5) is 12.4. The average molecular weight is 634 g/mol. The Hall–Kier alpha value is -1.43. The lowest BCUT2D eigenvalue weighted by Gasteiger charge is -2.21. The maximum absolute atomic E-state index is 12.4. The second-order valence-corrected chi connectivity index (χ2v) is 13.1. The molecule has 3 unspecified atom stereocenters. The standard InChI is InChI=1S/C40H75NO4/c1-3-5-7-9-11-13-15-16-17-18-19-20-21-22-23-24-25-27-28-30-32-34-38(43)37(36-42)41-40(45)39(44)35-33-31-29-26-14-12-10-8-6-4-2/h21-22,25,27,32,34,37-39,42-44H,3-20,23-24,26,28-31,33,35-36H2,1-2H3,(H,41,45)/b22-21+,27-25+,34-32+. The predicted octanol–water partition coefficient (Wildman–Crippen LogP) is 10.4. The van der Waals surface area contributed by atoms with Gasteiger partial charge in [0.25, 0.3) is 0 Å². The highest BCUT2D eigenvalue weighted by atomic mass is 16.3. The third-order valence-electron chi connectivity index (χ3n) is 8.71. The molecule has 5 heteroatoms. The molecular formula is C40H75NO4. The second kappa shape index (κ2) is 35.4. The van der Waals surface area contributed by atoms with Gasteiger partial charge in [-0.3, -0.25) is 4.79 Å². The summed E-state index contributed by atoms with van der Waals surface area (Å²) in [5, 5.41) is 32.9. The van der Waals surface area contributed by atoms with Gasteiger partial charge in [-0.05, 0) is 44.9 Å². The molecule has 0 aromatic carbocycles. The van der Waals surface area contributed by atoms with Gasteiger partial charge in [0, 0.05) is 0 Å². The largest absolute Gasteiger partial charge is 0.394 e. The lowest BCUT2D eigenvalue weighted by molar-refractivity contribution is -0.131. The lowest BCUT2D eigenvalue weighted by atomic mass is 10.0. The fourth-order valence-electron chi connectivity index (χ4n) is 5.63. The van der Waals surface area contributed by atoms with E-state index in [1.807, 2.05) is 6.08 Å². The molecule has 0 heterocycles. The Labute approximate surface area is 279 Å². The Morgan fingerprint density at radius 3 is 1.36 bits per heavy atom. The van der Waals surface area contributed by atoms with E-state index in [2.05, 4.69) is 43.5 Å². The van der Waals surface area contributed by atoms with Crippen LogP contribution in [0.5, 0.6) is 0 Å². The number of nitrogens with one attached hydrogen (secondary N) is 1. The van der Waals surface area contributed by atoms with Crippen molar-refractivity contribution in [3.8, 4) is 0 Å². The van der Waals surface area contributed by atoms with Crippen molar-refractivity contribution >= 4 is 5.91 Å². The van der Waals surface area contributed by atoms with Crippen molar-refractivity contribution in [2.24, 2.45) is 0 Å². The molecule has 0 aromatic heterocycles. The van der Waals surface area contributed by atoms with Gasteiger partial charge < -0.3 is 20.6 Å². The molecule has 0 aromatic rings. The number of hydrogen-bond donors (Lipinski definition) is 4. The normalized spacial score (nSPS) is 14.2. The molecule has 45 heavy (non-hydrogen) atoms. The van der Waals surface area contributed by atoms with Gasteiger partial charge in [0.15, 0.2) is 0 Å². The smallest absolute Gasteiger partial charge is 0.249 e. The molecule has 0 saturated carbocycles. The van der Waals surface area contributed by atoms with Crippen LogP contribution in [0.4, 0.5) is 0 Å². The summed E-state index contributed by atoms with van der Waals surface area (Å²) in [6.45, 7) is 4.13. The van der Waals surface area contributed by atoms with E-state index < -0.39 is 24.2 Å². The number of carbonyl (C=O) groups excluding carboxylic acids is 1. The topological polar surface area (TPSA) is 89.8 Å². The second-order valence-electron chi connectivity index (χ2n) is 13.1. The van der Waals surface area contributed by atoms with Crippen LogP contribution in [0.15, 0.2) is 36.5 Å². The number of hydrogen-bond acceptors (Lipinski definition) is 4. The molecular weight excluding hydrogens is 558 g/mol. The maximum Gasteiger partial charge on any atom is 0.249 e. The Morgan fingerprint density at radius 2 is 0.911 bits per heavy atom. The van der Waals surface area contributed by atoms with E-state index in [9.17, 15) is 20.1 Å². The molecule has 0 radical (unpaired) electrons. The minimum absolute atomic E-state index is 0.380. The molecule has 0 saturated heterocycles. The van der Waals surface area contributed by atoms with Crippen molar-refractivity contribution in [3.63, 3.8) is 0 Å². The van der Waals surface area contributed by atoms with Crippen LogP contribution in [0, 0.1) is 0 Å². The van der Waals surface area contributed by atoms with Crippen molar-refractivity contribution in [1.29, 1.82) is 0 Å². The van der Waals surface area contributed by atoms with E-state index in [1.165, 1.54) is 122 Å². The number of carbonyl (C=O) groups is 1. The third-order valence-corrected chi connectivity index (χ3v) is 8.71. The zero-order valence-corrected chi connectivity index (χ0v) is 29.7. The quantitative estimate of drug-likeness (QED) is 0.0419. The molecule has 0 fully saturated rings. The van der Waals surface area contributed by atoms with Crippen LogP contribution in [0.2, 0.25) is 0 Å². The van der Waals surface area contributed by atoms with Gasteiger partial charge in [-0.25, -0.2) is 0 Å². The van der Waals surface area contributed by atoms with Crippen LogP contribution in [0.3, 0.4) is 0 Å². The molecule has 5 nitrogen and oxygen atoms in total. The van der Waals surface area contributed by atoms with Crippen molar-refractivity contribution in [1.82, 2.24) is 5.32 Å². The van der Waals surface area contributed by atoms with Gasteiger partial charge >= 0.3 is 0 Å². The van der Waals surface area contributed by atoms with Gasteiger partial charge in [0.1, 0.15) is 6.10 Å². The zero-order chi connectivity index (χ0) is 33.1. The Morgan fingerprint density at radius 1 is 0.533 bits per heavy atom. The minimum Gasteiger partial charge on any atom is -0.394 e. The molecule has 0 aliphatic heterocycles. The first-order chi connectivity index (χ1) is 22.1. The number of aliphatic hydroxyl groups is 3. The van der Waals surface area contributed by atoms with E-state index in [1.54, 1.807) is 6.08 Å². The molecule has 0 spiro atoms. The number of allylic oxidation sites excluding steroid dienone is 5. The van der Waals surface area contributed by atoms with Crippen molar-refractivity contribution < 1.29 is 20.1 Å².